The molecule has 96 valence electrons. The van der Waals surface area contributed by atoms with Crippen LogP contribution in [0.5, 0.6) is 0 Å². The molecule has 0 saturated heterocycles. The molecule has 0 heterocycles. The van der Waals surface area contributed by atoms with Gasteiger partial charge in [-0.25, -0.2) is 0 Å². The van der Waals surface area contributed by atoms with E-state index in [-0.39, 0.29) is 0 Å². The number of nitrogens with one attached hydrogen (secondary N) is 1. The Bertz CT molecular complexity index is 785. The van der Waals surface area contributed by atoms with Crippen LogP contribution in [0.3, 0.4) is 0 Å². The minimum absolute atomic E-state index is 0.674. The highest BCUT2D eigenvalue weighted by molar-refractivity contribution is 5.83. The Morgan fingerprint density at radius 1 is 0.850 bits per heavy atom. The second-order valence-corrected chi connectivity index (χ2v) is 4.69. The van der Waals surface area contributed by atoms with Crippen molar-refractivity contribution in [1.29, 1.82) is 5.26 Å². The fourth-order valence-electron chi connectivity index (χ4n) is 2.28. The molecule has 3 aromatic rings. The first-order valence-electron chi connectivity index (χ1n) is 6.57. The smallest absolute Gasteiger partial charge is 0.101 e. The lowest BCUT2D eigenvalue weighted by molar-refractivity contribution is 1.15. The van der Waals surface area contributed by atoms with Gasteiger partial charge in [0.25, 0.3) is 0 Å². The minimum atomic E-state index is 0.674. The van der Waals surface area contributed by atoms with E-state index in [1.807, 2.05) is 36.4 Å². The van der Waals surface area contributed by atoms with E-state index in [0.29, 0.717) is 12.1 Å². The van der Waals surface area contributed by atoms with Gasteiger partial charge in [0, 0.05) is 6.54 Å². The van der Waals surface area contributed by atoms with Gasteiger partial charge < -0.3 is 5.32 Å². The van der Waals surface area contributed by atoms with Crippen LogP contribution in [0.25, 0.3) is 10.8 Å². The predicted molar refractivity (Wildman–Crippen MR) is 82.4 cm³/mol. The highest BCUT2D eigenvalue weighted by Gasteiger charge is 2.01. The van der Waals surface area contributed by atoms with Gasteiger partial charge in [0.05, 0.1) is 11.3 Å². The Labute approximate surface area is 118 Å². The van der Waals surface area contributed by atoms with Crippen molar-refractivity contribution in [2.24, 2.45) is 0 Å². The van der Waals surface area contributed by atoms with Crippen LogP contribution in [0, 0.1) is 11.3 Å². The Kier molecular flexibility index (Phi) is 3.34. The number of fused-ring (bicyclic) bond motifs is 1. The molecule has 0 unspecified atom stereocenters. The summed E-state index contributed by atoms with van der Waals surface area (Å²) in [6, 6.07) is 24.5. The number of hydrogen-bond donors (Lipinski definition) is 1. The number of anilines is 1. The van der Waals surface area contributed by atoms with E-state index in [9.17, 15) is 0 Å². The Hall–Kier alpha value is -2.79. The summed E-state index contributed by atoms with van der Waals surface area (Å²) in [5.41, 5.74) is 2.76. The SMILES string of the molecule is N#Cc1ccccc1NCc1ccc2ccccc2c1. The number of para-hydroxylation sites is 1. The van der Waals surface area contributed by atoms with Crippen molar-refractivity contribution >= 4 is 16.5 Å². The van der Waals surface area contributed by atoms with E-state index >= 15 is 0 Å². The summed E-state index contributed by atoms with van der Waals surface area (Å²) in [5.74, 6) is 0. The lowest BCUT2D eigenvalue weighted by Crippen LogP contribution is -2.01. The number of hydrogen-bond acceptors (Lipinski definition) is 2. The predicted octanol–water partition coefficient (Wildman–Crippen LogP) is 4.32. The lowest BCUT2D eigenvalue weighted by atomic mass is 10.1. The molecular formula is C18H14N2. The number of nitriles is 1. The van der Waals surface area contributed by atoms with Crippen molar-refractivity contribution in [3.8, 4) is 6.07 Å². The van der Waals surface area contributed by atoms with E-state index in [4.69, 9.17) is 5.26 Å². The van der Waals surface area contributed by atoms with Gasteiger partial charge in [0.2, 0.25) is 0 Å². The van der Waals surface area contributed by atoms with Crippen LogP contribution in [0.15, 0.2) is 66.7 Å². The third-order valence-electron chi connectivity index (χ3n) is 3.34. The lowest BCUT2D eigenvalue weighted by Gasteiger charge is -2.09. The third-order valence-corrected chi connectivity index (χ3v) is 3.34. The maximum atomic E-state index is 9.07. The molecule has 0 amide bonds. The van der Waals surface area contributed by atoms with Crippen molar-refractivity contribution in [3.63, 3.8) is 0 Å². The quantitative estimate of drug-likeness (QED) is 0.759. The molecule has 0 aliphatic carbocycles. The van der Waals surface area contributed by atoms with Crippen LogP contribution < -0.4 is 5.32 Å². The summed E-state index contributed by atoms with van der Waals surface area (Å²) in [4.78, 5) is 0. The molecule has 2 heteroatoms. The molecule has 0 bridgehead atoms. The van der Waals surface area contributed by atoms with Crippen LogP contribution >= 0.6 is 0 Å². The van der Waals surface area contributed by atoms with E-state index in [2.05, 4.69) is 41.7 Å². The van der Waals surface area contributed by atoms with Gasteiger partial charge in [-0.1, -0.05) is 48.5 Å². The highest BCUT2D eigenvalue weighted by atomic mass is 14.9. The van der Waals surface area contributed by atoms with E-state index in [1.165, 1.54) is 16.3 Å². The van der Waals surface area contributed by atoms with E-state index in [0.717, 1.165) is 5.69 Å². The minimum Gasteiger partial charge on any atom is -0.380 e. The molecule has 1 N–H and O–H groups in total. The van der Waals surface area contributed by atoms with Crippen molar-refractivity contribution in [3.05, 3.63) is 77.9 Å². The molecule has 0 aromatic heterocycles. The maximum absolute atomic E-state index is 9.07. The molecule has 2 nitrogen and oxygen atoms in total. The van der Waals surface area contributed by atoms with Crippen molar-refractivity contribution in [1.82, 2.24) is 0 Å². The fourth-order valence-corrected chi connectivity index (χ4v) is 2.28. The average molecular weight is 258 g/mol. The molecule has 0 aliphatic rings. The molecule has 3 aromatic carbocycles. The summed E-state index contributed by atoms with van der Waals surface area (Å²) in [5, 5.41) is 14.9. The first-order valence-corrected chi connectivity index (χ1v) is 6.57. The van der Waals surface area contributed by atoms with Gasteiger partial charge in [-0.3, -0.25) is 0 Å². The topological polar surface area (TPSA) is 35.8 Å². The molecule has 0 aliphatic heterocycles. The van der Waals surface area contributed by atoms with E-state index < -0.39 is 0 Å². The van der Waals surface area contributed by atoms with Crippen LogP contribution in [0.4, 0.5) is 5.69 Å². The Morgan fingerprint density at radius 3 is 2.45 bits per heavy atom. The average Bonchev–Trinajstić information content (AvgIpc) is 2.53. The van der Waals surface area contributed by atoms with Crippen LogP contribution in [0.1, 0.15) is 11.1 Å². The molecule has 0 atom stereocenters. The zero-order valence-corrected chi connectivity index (χ0v) is 11.0. The summed E-state index contributed by atoms with van der Waals surface area (Å²) < 4.78 is 0. The molecule has 0 radical (unpaired) electrons. The van der Waals surface area contributed by atoms with Crippen LogP contribution in [-0.4, -0.2) is 0 Å². The molecule has 20 heavy (non-hydrogen) atoms. The van der Waals surface area contributed by atoms with Gasteiger partial charge in [-0.2, -0.15) is 5.26 Å². The zero-order valence-electron chi connectivity index (χ0n) is 11.0. The number of nitrogens with zero attached hydrogens (tertiary/aromatic N) is 1. The summed E-state index contributed by atoms with van der Waals surface area (Å²) in [6.45, 7) is 0.712. The molecule has 3 rings (SSSR count). The third kappa shape index (κ3) is 2.48. The van der Waals surface area contributed by atoms with Crippen molar-refractivity contribution in [2.75, 3.05) is 5.32 Å². The van der Waals surface area contributed by atoms with Gasteiger partial charge in [-0.05, 0) is 34.5 Å². The van der Waals surface area contributed by atoms with Gasteiger partial charge in [-0.15, -0.1) is 0 Å². The van der Waals surface area contributed by atoms with Gasteiger partial charge in [0.1, 0.15) is 6.07 Å². The normalized spacial score (nSPS) is 10.2. The molecule has 0 spiro atoms. The van der Waals surface area contributed by atoms with Gasteiger partial charge >= 0.3 is 0 Å². The maximum Gasteiger partial charge on any atom is 0.101 e. The molecule has 0 fully saturated rings. The fraction of sp³-hybridized carbons (Fsp3) is 0.0556. The van der Waals surface area contributed by atoms with Crippen molar-refractivity contribution < 1.29 is 0 Å². The molecular weight excluding hydrogens is 244 g/mol. The second kappa shape index (κ2) is 5.46. The summed E-state index contributed by atoms with van der Waals surface area (Å²) in [6.07, 6.45) is 0. The van der Waals surface area contributed by atoms with E-state index in [1.54, 1.807) is 0 Å². The highest BCUT2D eigenvalue weighted by Crippen LogP contribution is 2.18. The first-order chi connectivity index (χ1) is 9.86. The standard InChI is InChI=1S/C18H14N2/c19-12-17-7-3-4-8-18(17)20-13-14-9-10-15-5-1-2-6-16(15)11-14/h1-11,20H,13H2. The number of benzene rings is 3. The second-order valence-electron chi connectivity index (χ2n) is 4.69. The number of rotatable bonds is 3. The van der Waals surface area contributed by atoms with Crippen LogP contribution in [0.2, 0.25) is 0 Å². The summed E-state index contributed by atoms with van der Waals surface area (Å²) >= 11 is 0. The van der Waals surface area contributed by atoms with Crippen molar-refractivity contribution in [2.45, 2.75) is 6.54 Å². The van der Waals surface area contributed by atoms with Gasteiger partial charge in [0.15, 0.2) is 0 Å². The zero-order chi connectivity index (χ0) is 13.8. The van der Waals surface area contributed by atoms with Crippen LogP contribution in [-0.2, 0) is 6.54 Å². The first kappa shape index (κ1) is 12.3. The summed E-state index contributed by atoms with van der Waals surface area (Å²) in [7, 11) is 0. The monoisotopic (exact) mass is 258 g/mol. The Morgan fingerprint density at radius 2 is 1.60 bits per heavy atom. The molecule has 0 saturated carbocycles. The Balaban J connectivity index is 1.82. The largest absolute Gasteiger partial charge is 0.380 e.